The van der Waals surface area contributed by atoms with Crippen molar-refractivity contribution in [1.82, 2.24) is 0 Å². The summed E-state index contributed by atoms with van der Waals surface area (Å²) < 4.78 is 5.62. The number of phenols is 3. The zero-order valence-electron chi connectivity index (χ0n) is 14.1. The molecule has 0 aliphatic carbocycles. The predicted molar refractivity (Wildman–Crippen MR) is 93.8 cm³/mol. The van der Waals surface area contributed by atoms with Crippen molar-refractivity contribution in [1.29, 1.82) is 0 Å². The first-order valence-corrected chi connectivity index (χ1v) is 8.00. The van der Waals surface area contributed by atoms with Crippen molar-refractivity contribution in [3.63, 3.8) is 0 Å². The largest absolute Gasteiger partial charge is 0.508 e. The fourth-order valence-electron chi connectivity index (χ4n) is 2.72. The van der Waals surface area contributed by atoms with Gasteiger partial charge in [0.25, 0.3) is 0 Å². The third-order valence-electron chi connectivity index (χ3n) is 4.36. The number of ketones is 1. The molecule has 3 N–H and O–H groups in total. The van der Waals surface area contributed by atoms with E-state index in [4.69, 9.17) is 4.74 Å². The Morgan fingerprint density at radius 1 is 1.08 bits per heavy atom. The topological polar surface area (TPSA) is 90.3 Å². The van der Waals surface area contributed by atoms with E-state index in [9.17, 15) is 20.1 Å². The molecular weight excluding hydrogens is 320 g/mol. The molecule has 1 aliphatic heterocycles. The van der Waals surface area contributed by atoms with Crippen molar-refractivity contribution < 1.29 is 24.9 Å². The molecule has 1 unspecified atom stereocenters. The van der Waals surface area contributed by atoms with E-state index >= 15 is 0 Å². The van der Waals surface area contributed by atoms with Gasteiger partial charge in [-0.2, -0.15) is 0 Å². The normalized spacial score (nSPS) is 18.8. The summed E-state index contributed by atoms with van der Waals surface area (Å²) in [6.45, 7) is 3.97. The zero-order valence-corrected chi connectivity index (χ0v) is 14.1. The Hall–Kier alpha value is -2.79. The molecule has 1 atom stereocenters. The summed E-state index contributed by atoms with van der Waals surface area (Å²) in [4.78, 5) is 12.6. The van der Waals surface area contributed by atoms with E-state index in [1.54, 1.807) is 24.3 Å². The van der Waals surface area contributed by atoms with Crippen LogP contribution in [0.2, 0.25) is 0 Å². The van der Waals surface area contributed by atoms with Gasteiger partial charge in [0.1, 0.15) is 17.2 Å². The minimum Gasteiger partial charge on any atom is -0.508 e. The lowest BCUT2D eigenvalue weighted by atomic mass is 9.94. The van der Waals surface area contributed by atoms with Gasteiger partial charge >= 0.3 is 0 Å². The Bertz CT molecular complexity index is 834. The molecule has 2 aromatic rings. The van der Waals surface area contributed by atoms with Crippen molar-refractivity contribution >= 4 is 11.4 Å². The molecule has 5 heteroatoms. The molecule has 0 saturated carbocycles. The second kappa shape index (κ2) is 6.26. The van der Waals surface area contributed by atoms with E-state index < -0.39 is 0 Å². The lowest BCUT2D eigenvalue weighted by Crippen LogP contribution is -2.05. The quantitative estimate of drug-likeness (QED) is 0.439. The number of epoxide rings is 1. The molecule has 0 amide bonds. The van der Waals surface area contributed by atoms with Crippen LogP contribution in [0.25, 0.3) is 5.57 Å². The highest BCUT2D eigenvalue weighted by atomic mass is 16.6. The van der Waals surface area contributed by atoms with Gasteiger partial charge in [-0.25, -0.2) is 0 Å². The number of phenolic OH excluding ortho intramolecular Hbond substituents is 3. The van der Waals surface area contributed by atoms with Crippen molar-refractivity contribution in [2.45, 2.75) is 32.0 Å². The van der Waals surface area contributed by atoms with Crippen molar-refractivity contribution in [2.24, 2.45) is 0 Å². The fourth-order valence-corrected chi connectivity index (χ4v) is 2.72. The van der Waals surface area contributed by atoms with E-state index in [1.165, 1.54) is 18.2 Å². The minimum atomic E-state index is -0.362. The van der Waals surface area contributed by atoms with Crippen LogP contribution >= 0.6 is 0 Å². The number of hydrogen-bond donors (Lipinski definition) is 3. The van der Waals surface area contributed by atoms with Gasteiger partial charge in [-0.3, -0.25) is 4.79 Å². The number of carbonyl (C=O) groups is 1. The summed E-state index contributed by atoms with van der Waals surface area (Å²) in [5, 5.41) is 28.7. The van der Waals surface area contributed by atoms with Crippen LogP contribution in [0, 0.1) is 0 Å². The molecule has 0 radical (unpaired) electrons. The summed E-state index contributed by atoms with van der Waals surface area (Å²) in [7, 11) is 0. The summed E-state index contributed by atoms with van der Waals surface area (Å²) in [6.07, 6.45) is 2.02. The van der Waals surface area contributed by atoms with Gasteiger partial charge in [-0.1, -0.05) is 12.1 Å². The van der Waals surface area contributed by atoms with E-state index in [1.807, 2.05) is 13.8 Å². The van der Waals surface area contributed by atoms with Gasteiger partial charge in [-0.05, 0) is 55.3 Å². The Labute approximate surface area is 145 Å². The van der Waals surface area contributed by atoms with Gasteiger partial charge in [0.15, 0.2) is 5.78 Å². The maximum atomic E-state index is 12.6. The Balaban J connectivity index is 1.93. The number of rotatable bonds is 5. The van der Waals surface area contributed by atoms with Gasteiger partial charge < -0.3 is 20.1 Å². The van der Waals surface area contributed by atoms with Crippen molar-refractivity contribution in [2.75, 3.05) is 0 Å². The number of hydrogen-bond acceptors (Lipinski definition) is 5. The van der Waals surface area contributed by atoms with E-state index in [-0.39, 0.29) is 40.3 Å². The lowest BCUT2D eigenvalue weighted by molar-refractivity contribution is 0.104. The zero-order chi connectivity index (χ0) is 18.2. The van der Waals surface area contributed by atoms with E-state index in [0.29, 0.717) is 6.42 Å². The molecule has 0 spiro atoms. The van der Waals surface area contributed by atoms with Crippen LogP contribution in [0.5, 0.6) is 17.2 Å². The lowest BCUT2D eigenvalue weighted by Gasteiger charge is -2.08. The van der Waals surface area contributed by atoms with Crippen LogP contribution in [-0.4, -0.2) is 32.8 Å². The fraction of sp³-hybridized carbons (Fsp3) is 0.250. The number of aromatic hydroxyl groups is 3. The molecule has 0 bridgehead atoms. The number of benzene rings is 2. The molecule has 1 aliphatic rings. The average Bonchev–Trinajstić information content (AvgIpc) is 3.13. The highest BCUT2D eigenvalue weighted by Gasteiger charge is 2.47. The predicted octanol–water partition coefficient (Wildman–Crippen LogP) is 3.64. The molecule has 130 valence electrons. The molecule has 2 aromatic carbocycles. The smallest absolute Gasteiger partial charge is 0.189 e. The van der Waals surface area contributed by atoms with Gasteiger partial charge in [0, 0.05) is 12.5 Å². The van der Waals surface area contributed by atoms with Gasteiger partial charge in [0.05, 0.1) is 17.3 Å². The molecule has 1 heterocycles. The summed E-state index contributed by atoms with van der Waals surface area (Å²) in [5.74, 6) is -0.591. The first kappa shape index (κ1) is 17.0. The summed E-state index contributed by atoms with van der Waals surface area (Å²) >= 11 is 0. The molecular formula is C20H20O5. The second-order valence-corrected chi connectivity index (χ2v) is 6.70. The number of carbonyl (C=O) groups excluding carboxylic acids is 1. The Morgan fingerprint density at radius 2 is 1.68 bits per heavy atom. The molecule has 0 aromatic heterocycles. The Morgan fingerprint density at radius 3 is 2.24 bits per heavy atom. The highest BCUT2D eigenvalue weighted by Crippen LogP contribution is 2.41. The number of allylic oxidation sites excluding steroid dienone is 1. The van der Waals surface area contributed by atoms with Crippen molar-refractivity contribution in [3.8, 4) is 17.2 Å². The highest BCUT2D eigenvalue weighted by molar-refractivity contribution is 6.10. The van der Waals surface area contributed by atoms with E-state index in [0.717, 1.165) is 17.2 Å². The third kappa shape index (κ3) is 3.83. The van der Waals surface area contributed by atoms with E-state index in [2.05, 4.69) is 0 Å². The summed E-state index contributed by atoms with van der Waals surface area (Å²) in [5.41, 5.74) is 1.45. The summed E-state index contributed by atoms with van der Waals surface area (Å²) in [6, 6.07) is 10.5. The molecule has 25 heavy (non-hydrogen) atoms. The SMILES string of the molecule is CC1(C)OC1CC(=CC(=O)c1ccc(O)cc1O)c1ccc(O)cc1. The van der Waals surface area contributed by atoms with Crippen LogP contribution in [-0.2, 0) is 4.74 Å². The van der Waals surface area contributed by atoms with Crippen molar-refractivity contribution in [3.05, 3.63) is 59.7 Å². The average molecular weight is 340 g/mol. The molecule has 5 nitrogen and oxygen atoms in total. The maximum absolute atomic E-state index is 12.6. The first-order chi connectivity index (χ1) is 11.8. The van der Waals surface area contributed by atoms with Gasteiger partial charge in [-0.15, -0.1) is 0 Å². The monoisotopic (exact) mass is 340 g/mol. The minimum absolute atomic E-state index is 0.00812. The van der Waals surface area contributed by atoms with Crippen LogP contribution < -0.4 is 0 Å². The molecule has 1 saturated heterocycles. The van der Waals surface area contributed by atoms with Crippen LogP contribution in [0.3, 0.4) is 0 Å². The molecule has 3 rings (SSSR count). The molecule has 1 fully saturated rings. The maximum Gasteiger partial charge on any atom is 0.189 e. The van der Waals surface area contributed by atoms with Crippen LogP contribution in [0.15, 0.2) is 48.5 Å². The third-order valence-corrected chi connectivity index (χ3v) is 4.36. The first-order valence-electron chi connectivity index (χ1n) is 8.00. The van der Waals surface area contributed by atoms with Crippen LogP contribution in [0.1, 0.15) is 36.2 Å². The van der Waals surface area contributed by atoms with Gasteiger partial charge in [0.2, 0.25) is 0 Å². The standard InChI is InChI=1S/C20H20O5/c1-20(2)19(25-20)10-13(12-3-5-14(21)6-4-12)9-17(23)16-8-7-15(22)11-18(16)24/h3-9,11,19,21-22,24H,10H2,1-2H3. The van der Waals surface area contributed by atoms with Crippen LogP contribution in [0.4, 0.5) is 0 Å². The number of ether oxygens (including phenoxy) is 1. The second-order valence-electron chi connectivity index (χ2n) is 6.70. The Kier molecular flexibility index (Phi) is 4.27.